The molecule has 2 aromatic carbocycles. The topological polar surface area (TPSA) is 67.8 Å². The van der Waals surface area contributed by atoms with Crippen molar-refractivity contribution in [1.82, 2.24) is 5.32 Å². The first-order valence-corrected chi connectivity index (χ1v) is 6.97. The third-order valence-corrected chi connectivity index (χ3v) is 3.04. The van der Waals surface area contributed by atoms with E-state index in [1.54, 1.807) is 55.6 Å². The zero-order chi connectivity index (χ0) is 15.8. The van der Waals surface area contributed by atoms with Crippen LogP contribution in [0.3, 0.4) is 0 Å². The molecule has 0 saturated carbocycles. The second-order valence-electron chi connectivity index (χ2n) is 4.72. The van der Waals surface area contributed by atoms with Crippen LogP contribution in [-0.4, -0.2) is 37.4 Å². The lowest BCUT2D eigenvalue weighted by atomic mass is 10.2. The van der Waals surface area contributed by atoms with Gasteiger partial charge in [0.15, 0.2) is 0 Å². The molecule has 5 heteroatoms. The van der Waals surface area contributed by atoms with Gasteiger partial charge in [-0.15, -0.1) is 0 Å². The summed E-state index contributed by atoms with van der Waals surface area (Å²) in [5.41, 5.74) is 0.561. The van der Waals surface area contributed by atoms with E-state index in [0.29, 0.717) is 11.3 Å². The van der Waals surface area contributed by atoms with Gasteiger partial charge in [-0.3, -0.25) is 4.79 Å². The zero-order valence-electron chi connectivity index (χ0n) is 12.4. The van der Waals surface area contributed by atoms with Crippen LogP contribution in [0.1, 0.15) is 10.4 Å². The minimum Gasteiger partial charge on any atom is -0.497 e. The van der Waals surface area contributed by atoms with Crippen LogP contribution in [0.4, 0.5) is 0 Å². The summed E-state index contributed by atoms with van der Waals surface area (Å²) < 4.78 is 10.5. The number of carbonyl (C=O) groups is 1. The highest BCUT2D eigenvalue weighted by molar-refractivity contribution is 5.94. The van der Waals surface area contributed by atoms with Crippen LogP contribution in [0, 0.1) is 0 Å². The summed E-state index contributed by atoms with van der Waals surface area (Å²) in [4.78, 5) is 11.8. The van der Waals surface area contributed by atoms with E-state index < -0.39 is 6.10 Å². The fourth-order valence-corrected chi connectivity index (χ4v) is 1.83. The molecule has 1 amide bonds. The highest BCUT2D eigenvalue weighted by Crippen LogP contribution is 2.16. The third-order valence-electron chi connectivity index (χ3n) is 3.04. The van der Waals surface area contributed by atoms with Crippen molar-refractivity contribution in [2.24, 2.45) is 0 Å². The van der Waals surface area contributed by atoms with Gasteiger partial charge in [-0.1, -0.05) is 18.2 Å². The Morgan fingerprint density at radius 3 is 2.36 bits per heavy atom. The van der Waals surface area contributed by atoms with Crippen molar-refractivity contribution in [2.45, 2.75) is 6.10 Å². The average molecular weight is 301 g/mol. The molecule has 0 aromatic heterocycles. The van der Waals surface area contributed by atoms with Crippen molar-refractivity contribution in [1.29, 1.82) is 0 Å². The Balaban J connectivity index is 1.73. The van der Waals surface area contributed by atoms with E-state index in [0.717, 1.165) is 5.75 Å². The first-order chi connectivity index (χ1) is 10.7. The van der Waals surface area contributed by atoms with E-state index in [1.165, 1.54) is 0 Å². The number of aliphatic hydroxyl groups is 1. The first kappa shape index (κ1) is 15.9. The van der Waals surface area contributed by atoms with E-state index in [2.05, 4.69) is 5.32 Å². The van der Waals surface area contributed by atoms with Gasteiger partial charge in [-0.25, -0.2) is 0 Å². The predicted molar refractivity (Wildman–Crippen MR) is 83.3 cm³/mol. The van der Waals surface area contributed by atoms with E-state index in [-0.39, 0.29) is 19.1 Å². The molecule has 5 nitrogen and oxygen atoms in total. The van der Waals surface area contributed by atoms with Crippen LogP contribution in [0.2, 0.25) is 0 Å². The molecule has 1 atom stereocenters. The first-order valence-electron chi connectivity index (χ1n) is 6.97. The van der Waals surface area contributed by atoms with E-state index >= 15 is 0 Å². The van der Waals surface area contributed by atoms with Crippen LogP contribution < -0.4 is 14.8 Å². The van der Waals surface area contributed by atoms with Gasteiger partial charge in [0.05, 0.1) is 7.11 Å². The summed E-state index contributed by atoms with van der Waals surface area (Å²) in [5.74, 6) is 1.15. The third kappa shape index (κ3) is 4.79. The number of benzene rings is 2. The minimum absolute atomic E-state index is 0.0986. The number of carbonyl (C=O) groups excluding carboxylic acids is 1. The van der Waals surface area contributed by atoms with Crippen molar-refractivity contribution in [3.8, 4) is 11.5 Å². The summed E-state index contributed by atoms with van der Waals surface area (Å²) in [5, 5.41) is 12.5. The number of ether oxygens (including phenoxy) is 2. The monoisotopic (exact) mass is 301 g/mol. The Bertz CT molecular complexity index is 583. The molecule has 2 rings (SSSR count). The normalized spacial score (nSPS) is 11.5. The van der Waals surface area contributed by atoms with Gasteiger partial charge >= 0.3 is 0 Å². The van der Waals surface area contributed by atoms with Gasteiger partial charge in [0.25, 0.3) is 5.91 Å². The lowest BCUT2D eigenvalue weighted by Gasteiger charge is -2.13. The molecule has 0 unspecified atom stereocenters. The molecule has 0 aliphatic heterocycles. The number of hydrogen-bond acceptors (Lipinski definition) is 4. The summed E-state index contributed by atoms with van der Waals surface area (Å²) in [6.07, 6.45) is -0.783. The molecular weight excluding hydrogens is 282 g/mol. The Kier molecular flexibility index (Phi) is 5.80. The van der Waals surface area contributed by atoms with Crippen molar-refractivity contribution in [3.05, 3.63) is 60.2 Å². The number of amides is 1. The number of nitrogens with one attached hydrogen (secondary N) is 1. The Morgan fingerprint density at radius 1 is 1.09 bits per heavy atom. The molecule has 0 spiro atoms. The highest BCUT2D eigenvalue weighted by atomic mass is 16.5. The molecule has 0 bridgehead atoms. The second-order valence-corrected chi connectivity index (χ2v) is 4.72. The van der Waals surface area contributed by atoms with Gasteiger partial charge in [-0.05, 0) is 36.4 Å². The number of rotatable bonds is 7. The van der Waals surface area contributed by atoms with E-state index in [9.17, 15) is 9.90 Å². The molecule has 0 fully saturated rings. The van der Waals surface area contributed by atoms with E-state index in [4.69, 9.17) is 9.47 Å². The molecule has 116 valence electrons. The van der Waals surface area contributed by atoms with Crippen molar-refractivity contribution < 1.29 is 19.4 Å². The fraction of sp³-hybridized carbons (Fsp3) is 0.235. The summed E-state index contributed by atoms with van der Waals surface area (Å²) in [6.45, 7) is 0.227. The number of hydrogen-bond donors (Lipinski definition) is 2. The minimum atomic E-state index is -0.783. The molecule has 0 heterocycles. The quantitative estimate of drug-likeness (QED) is 0.819. The summed E-state index contributed by atoms with van der Waals surface area (Å²) in [6, 6.07) is 15.9. The van der Waals surface area contributed by atoms with Gasteiger partial charge in [-0.2, -0.15) is 0 Å². The zero-order valence-corrected chi connectivity index (χ0v) is 12.4. The van der Waals surface area contributed by atoms with Gasteiger partial charge in [0.2, 0.25) is 0 Å². The molecule has 0 aliphatic carbocycles. The Labute approximate surface area is 129 Å². The Morgan fingerprint density at radius 2 is 1.73 bits per heavy atom. The smallest absolute Gasteiger partial charge is 0.251 e. The molecule has 0 aliphatic rings. The van der Waals surface area contributed by atoms with Crippen LogP contribution in [0.15, 0.2) is 54.6 Å². The van der Waals surface area contributed by atoms with E-state index in [1.807, 2.05) is 6.07 Å². The maximum absolute atomic E-state index is 11.8. The summed E-state index contributed by atoms with van der Waals surface area (Å²) >= 11 is 0. The molecule has 2 N–H and O–H groups in total. The molecule has 22 heavy (non-hydrogen) atoms. The van der Waals surface area contributed by atoms with Crippen LogP contribution in [0.25, 0.3) is 0 Å². The van der Waals surface area contributed by atoms with Crippen LogP contribution in [-0.2, 0) is 0 Å². The lowest BCUT2D eigenvalue weighted by Crippen LogP contribution is -2.35. The van der Waals surface area contributed by atoms with Gasteiger partial charge < -0.3 is 19.9 Å². The maximum atomic E-state index is 11.8. The highest BCUT2D eigenvalue weighted by Gasteiger charge is 2.09. The predicted octanol–water partition coefficient (Wildman–Crippen LogP) is 1.86. The number of aliphatic hydroxyl groups excluding tert-OH is 1. The largest absolute Gasteiger partial charge is 0.497 e. The van der Waals surface area contributed by atoms with Gasteiger partial charge in [0.1, 0.15) is 24.2 Å². The SMILES string of the molecule is COc1ccc(OC[C@H](O)CNC(=O)c2ccccc2)cc1. The fourth-order valence-electron chi connectivity index (χ4n) is 1.83. The van der Waals surface area contributed by atoms with Crippen molar-refractivity contribution in [3.63, 3.8) is 0 Å². The number of methoxy groups -OCH3 is 1. The standard InChI is InChI=1S/C17H19NO4/c1-21-15-7-9-16(10-8-15)22-12-14(19)11-18-17(20)13-5-3-2-4-6-13/h2-10,14,19H,11-12H2,1H3,(H,18,20)/t14-/m1/s1. The lowest BCUT2D eigenvalue weighted by molar-refractivity contribution is 0.0843. The second kappa shape index (κ2) is 8.05. The average Bonchev–Trinajstić information content (AvgIpc) is 2.59. The Hall–Kier alpha value is -2.53. The summed E-state index contributed by atoms with van der Waals surface area (Å²) in [7, 11) is 1.59. The molecule has 2 aromatic rings. The van der Waals surface area contributed by atoms with Gasteiger partial charge in [0, 0.05) is 12.1 Å². The molecule has 0 radical (unpaired) electrons. The van der Waals surface area contributed by atoms with Crippen molar-refractivity contribution >= 4 is 5.91 Å². The van der Waals surface area contributed by atoms with Crippen LogP contribution in [0.5, 0.6) is 11.5 Å². The van der Waals surface area contributed by atoms with Crippen LogP contribution >= 0.6 is 0 Å². The van der Waals surface area contributed by atoms with Crippen molar-refractivity contribution in [2.75, 3.05) is 20.3 Å². The molecule has 0 saturated heterocycles. The molecular formula is C17H19NO4. The maximum Gasteiger partial charge on any atom is 0.251 e.